The first-order valence-electron chi connectivity index (χ1n) is 8.51. The average Bonchev–Trinajstić information content (AvgIpc) is 2.55. The Kier molecular flexibility index (Phi) is 4.91. The SMILES string of the molecule is Cc1ccc(-c2ccc(=O)n(CCN3CCCCC3)n2)c(C)c1. The minimum atomic E-state index is -0.0180. The number of likely N-dealkylation sites (tertiary alicyclic amines) is 1. The molecule has 0 spiro atoms. The van der Waals surface area contributed by atoms with E-state index in [1.165, 1.54) is 30.4 Å². The molecule has 1 fully saturated rings. The number of nitrogens with zero attached hydrogens (tertiary/aromatic N) is 3. The Labute approximate surface area is 137 Å². The van der Waals surface area contributed by atoms with Crippen molar-refractivity contribution >= 4 is 0 Å². The lowest BCUT2D eigenvalue weighted by atomic mass is 10.0. The van der Waals surface area contributed by atoms with E-state index in [1.54, 1.807) is 10.7 Å². The zero-order chi connectivity index (χ0) is 16.2. The lowest BCUT2D eigenvalue weighted by molar-refractivity contribution is 0.216. The van der Waals surface area contributed by atoms with Gasteiger partial charge in [0.05, 0.1) is 12.2 Å². The molecule has 0 atom stereocenters. The monoisotopic (exact) mass is 311 g/mol. The van der Waals surface area contributed by atoms with Crippen LogP contribution in [0.2, 0.25) is 0 Å². The summed E-state index contributed by atoms with van der Waals surface area (Å²) in [5.41, 5.74) is 4.39. The van der Waals surface area contributed by atoms with Gasteiger partial charge in [-0.1, -0.05) is 30.2 Å². The Bertz CT molecular complexity index is 730. The molecule has 23 heavy (non-hydrogen) atoms. The average molecular weight is 311 g/mol. The molecule has 122 valence electrons. The minimum absolute atomic E-state index is 0.0180. The molecule has 0 amide bonds. The van der Waals surface area contributed by atoms with E-state index in [-0.39, 0.29) is 5.56 Å². The summed E-state index contributed by atoms with van der Waals surface area (Å²) in [7, 11) is 0. The van der Waals surface area contributed by atoms with E-state index >= 15 is 0 Å². The maximum absolute atomic E-state index is 12.1. The summed E-state index contributed by atoms with van der Waals surface area (Å²) in [6, 6.07) is 9.80. The van der Waals surface area contributed by atoms with Gasteiger partial charge in [0.15, 0.2) is 0 Å². The molecular formula is C19H25N3O. The van der Waals surface area contributed by atoms with Gasteiger partial charge < -0.3 is 4.90 Å². The molecular weight excluding hydrogens is 286 g/mol. The fourth-order valence-electron chi connectivity index (χ4n) is 3.27. The Morgan fingerprint density at radius 2 is 1.78 bits per heavy atom. The van der Waals surface area contributed by atoms with Crippen LogP contribution in [-0.2, 0) is 6.54 Å². The van der Waals surface area contributed by atoms with Crippen LogP contribution >= 0.6 is 0 Å². The summed E-state index contributed by atoms with van der Waals surface area (Å²) in [5.74, 6) is 0. The van der Waals surface area contributed by atoms with Gasteiger partial charge in [0, 0.05) is 18.2 Å². The molecule has 2 aromatic rings. The van der Waals surface area contributed by atoms with Crippen LogP contribution in [0.25, 0.3) is 11.3 Å². The van der Waals surface area contributed by atoms with E-state index in [2.05, 4.69) is 42.0 Å². The van der Waals surface area contributed by atoms with Crippen LogP contribution in [0.15, 0.2) is 35.1 Å². The quantitative estimate of drug-likeness (QED) is 0.871. The first-order chi connectivity index (χ1) is 11.1. The molecule has 4 nitrogen and oxygen atoms in total. The van der Waals surface area contributed by atoms with Crippen LogP contribution in [0.5, 0.6) is 0 Å². The fraction of sp³-hybridized carbons (Fsp3) is 0.474. The molecule has 0 aliphatic carbocycles. The highest BCUT2D eigenvalue weighted by molar-refractivity contribution is 5.63. The van der Waals surface area contributed by atoms with E-state index in [0.29, 0.717) is 6.54 Å². The highest BCUT2D eigenvalue weighted by Gasteiger charge is 2.11. The lowest BCUT2D eigenvalue weighted by Gasteiger charge is -2.26. The van der Waals surface area contributed by atoms with Gasteiger partial charge in [0.25, 0.3) is 5.56 Å². The van der Waals surface area contributed by atoms with E-state index in [4.69, 9.17) is 0 Å². The second-order valence-electron chi connectivity index (χ2n) is 6.50. The molecule has 1 saturated heterocycles. The van der Waals surface area contributed by atoms with Crippen molar-refractivity contribution < 1.29 is 0 Å². The van der Waals surface area contributed by atoms with E-state index < -0.39 is 0 Å². The third-order valence-corrected chi connectivity index (χ3v) is 4.60. The number of hydrogen-bond acceptors (Lipinski definition) is 3. The summed E-state index contributed by atoms with van der Waals surface area (Å²) >= 11 is 0. The molecule has 0 saturated carbocycles. The largest absolute Gasteiger partial charge is 0.301 e. The molecule has 4 heteroatoms. The minimum Gasteiger partial charge on any atom is -0.301 e. The standard InChI is InChI=1S/C19H25N3O/c1-15-6-7-17(16(2)14-15)18-8-9-19(23)22(20-18)13-12-21-10-4-3-5-11-21/h6-9,14H,3-5,10-13H2,1-2H3. The number of hydrogen-bond donors (Lipinski definition) is 0. The third kappa shape index (κ3) is 3.88. The number of aryl methyl sites for hydroxylation is 2. The summed E-state index contributed by atoms with van der Waals surface area (Å²) in [6.45, 7) is 8.04. The highest BCUT2D eigenvalue weighted by Crippen LogP contribution is 2.21. The normalized spacial score (nSPS) is 15.7. The molecule has 3 rings (SSSR count). The number of rotatable bonds is 4. The van der Waals surface area contributed by atoms with Crippen molar-refractivity contribution in [3.05, 3.63) is 51.8 Å². The number of aromatic nitrogens is 2. The van der Waals surface area contributed by atoms with Gasteiger partial charge in [0.2, 0.25) is 0 Å². The zero-order valence-corrected chi connectivity index (χ0v) is 14.1. The van der Waals surface area contributed by atoms with Crippen LogP contribution in [0.3, 0.4) is 0 Å². The predicted octanol–water partition coefficient (Wildman–Crippen LogP) is 3.01. The molecule has 0 unspecified atom stereocenters. The topological polar surface area (TPSA) is 38.1 Å². The third-order valence-electron chi connectivity index (χ3n) is 4.60. The summed E-state index contributed by atoms with van der Waals surface area (Å²) in [6.07, 6.45) is 3.87. The van der Waals surface area contributed by atoms with Crippen LogP contribution in [0.4, 0.5) is 0 Å². The summed E-state index contributed by atoms with van der Waals surface area (Å²) in [5, 5.41) is 4.59. The Hall–Kier alpha value is -1.94. The molecule has 1 aromatic heterocycles. The fourth-order valence-corrected chi connectivity index (χ4v) is 3.27. The van der Waals surface area contributed by atoms with Crippen molar-refractivity contribution in [1.29, 1.82) is 0 Å². The van der Waals surface area contributed by atoms with Crippen LogP contribution in [0, 0.1) is 13.8 Å². The molecule has 0 N–H and O–H groups in total. The van der Waals surface area contributed by atoms with E-state index in [1.807, 2.05) is 6.07 Å². The number of benzene rings is 1. The second kappa shape index (κ2) is 7.09. The van der Waals surface area contributed by atoms with Crippen LogP contribution in [0.1, 0.15) is 30.4 Å². The van der Waals surface area contributed by atoms with Gasteiger partial charge in [-0.3, -0.25) is 4.79 Å². The van der Waals surface area contributed by atoms with Gasteiger partial charge in [-0.05, 0) is 51.4 Å². The lowest BCUT2D eigenvalue weighted by Crippen LogP contribution is -2.35. The molecule has 0 bridgehead atoms. The zero-order valence-electron chi connectivity index (χ0n) is 14.1. The van der Waals surface area contributed by atoms with Crippen LogP contribution < -0.4 is 5.56 Å². The molecule has 0 radical (unpaired) electrons. The molecule has 1 aliphatic rings. The highest BCUT2D eigenvalue weighted by atomic mass is 16.1. The molecule has 1 aromatic carbocycles. The summed E-state index contributed by atoms with van der Waals surface area (Å²) < 4.78 is 1.61. The van der Waals surface area contributed by atoms with Crippen molar-refractivity contribution in [2.24, 2.45) is 0 Å². The van der Waals surface area contributed by atoms with Gasteiger partial charge in [-0.25, -0.2) is 4.68 Å². The first kappa shape index (κ1) is 15.9. The Balaban J connectivity index is 1.79. The van der Waals surface area contributed by atoms with Crippen LogP contribution in [-0.4, -0.2) is 34.3 Å². The Morgan fingerprint density at radius 3 is 2.52 bits per heavy atom. The first-order valence-corrected chi connectivity index (χ1v) is 8.51. The number of piperidine rings is 1. The smallest absolute Gasteiger partial charge is 0.266 e. The van der Waals surface area contributed by atoms with Gasteiger partial charge in [-0.15, -0.1) is 0 Å². The summed E-state index contributed by atoms with van der Waals surface area (Å²) in [4.78, 5) is 14.5. The maximum atomic E-state index is 12.1. The van der Waals surface area contributed by atoms with E-state index in [0.717, 1.165) is 30.9 Å². The maximum Gasteiger partial charge on any atom is 0.266 e. The van der Waals surface area contributed by atoms with Crippen molar-refractivity contribution in [2.75, 3.05) is 19.6 Å². The Morgan fingerprint density at radius 1 is 1.00 bits per heavy atom. The van der Waals surface area contributed by atoms with Crippen molar-refractivity contribution in [3.63, 3.8) is 0 Å². The van der Waals surface area contributed by atoms with Crippen molar-refractivity contribution in [1.82, 2.24) is 14.7 Å². The molecule has 2 heterocycles. The van der Waals surface area contributed by atoms with Crippen molar-refractivity contribution in [2.45, 2.75) is 39.7 Å². The molecule has 1 aliphatic heterocycles. The van der Waals surface area contributed by atoms with Crippen molar-refractivity contribution in [3.8, 4) is 11.3 Å². The van der Waals surface area contributed by atoms with Gasteiger partial charge >= 0.3 is 0 Å². The second-order valence-corrected chi connectivity index (χ2v) is 6.50. The predicted molar refractivity (Wildman–Crippen MR) is 93.7 cm³/mol. The van der Waals surface area contributed by atoms with E-state index in [9.17, 15) is 4.79 Å². The van der Waals surface area contributed by atoms with Gasteiger partial charge in [0.1, 0.15) is 0 Å². The van der Waals surface area contributed by atoms with Gasteiger partial charge in [-0.2, -0.15) is 5.10 Å².